The molecule has 0 spiro atoms. The molecule has 0 atom stereocenters. The minimum Gasteiger partial charge on any atom is -0.368 e. The molecule has 0 radical (unpaired) electrons. The number of nitrogens with one attached hydrogen (secondary N) is 1. The van der Waals surface area contributed by atoms with Gasteiger partial charge >= 0.3 is 0 Å². The molecule has 7 nitrogen and oxygen atoms in total. The average Bonchev–Trinajstić information content (AvgIpc) is 3.15. The number of nitrogens with two attached hydrogens (primary N) is 1. The quantitative estimate of drug-likeness (QED) is 0.443. The summed E-state index contributed by atoms with van der Waals surface area (Å²) in [5.41, 5.74) is 13.8. The van der Waals surface area contributed by atoms with Gasteiger partial charge in [0.2, 0.25) is 11.9 Å². The molecular weight excluding hydrogens is 438 g/mol. The molecule has 2 heterocycles. The molecule has 0 bridgehead atoms. The number of aryl methyl sites for hydroxylation is 1. The zero-order valence-electron chi connectivity index (χ0n) is 19.8. The number of nitrogen functional groups attached to an aromatic ring is 1. The predicted molar refractivity (Wildman–Crippen MR) is 137 cm³/mol. The number of hydrogen-bond acceptors (Lipinski definition) is 5. The Bertz CT molecular complexity index is 1420. The van der Waals surface area contributed by atoms with E-state index in [4.69, 9.17) is 5.73 Å². The Kier molecular flexibility index (Phi) is 5.91. The summed E-state index contributed by atoms with van der Waals surface area (Å²) in [7, 11) is 1.97. The van der Waals surface area contributed by atoms with Crippen LogP contribution in [-0.4, -0.2) is 26.2 Å². The first kappa shape index (κ1) is 22.5. The van der Waals surface area contributed by atoms with Crippen LogP contribution in [0.4, 0.5) is 11.6 Å². The molecule has 1 aliphatic rings. The molecule has 176 valence electrons. The second kappa shape index (κ2) is 9.18. The lowest BCUT2D eigenvalue weighted by atomic mass is 9.89. The van der Waals surface area contributed by atoms with Gasteiger partial charge in [0.15, 0.2) is 5.78 Å². The third-order valence-electron chi connectivity index (χ3n) is 6.47. The zero-order chi connectivity index (χ0) is 24.5. The largest absolute Gasteiger partial charge is 0.368 e. The van der Waals surface area contributed by atoms with Gasteiger partial charge in [0.05, 0.1) is 17.8 Å². The maximum absolute atomic E-state index is 13.0. The number of hydrogen-bond donors (Lipinski definition) is 2. The molecule has 0 aliphatic heterocycles. The molecule has 0 saturated carbocycles. The highest BCUT2D eigenvalue weighted by atomic mass is 16.1. The fraction of sp³-hybridized carbons (Fsp3) is 0.214. The van der Waals surface area contributed by atoms with E-state index in [0.717, 1.165) is 57.7 Å². The fourth-order valence-electron chi connectivity index (χ4n) is 4.77. The van der Waals surface area contributed by atoms with Crippen LogP contribution in [0.2, 0.25) is 0 Å². The lowest BCUT2D eigenvalue weighted by Gasteiger charge is -2.13. The standard InChI is InChI=1S/C28H27N5O2/c1-17-6-12-20(13-7-17)31-24(35)16-18-8-10-19(11-9-18)25-26-22(4-3-5-23(26)34)33(2)27(25)21-14-15-30-28(29)32-21/h6-15H,3-5,16H2,1-2H3,(H,31,35)(H2,29,30,32). The molecule has 3 N–H and O–H groups in total. The van der Waals surface area contributed by atoms with E-state index in [1.54, 1.807) is 6.20 Å². The van der Waals surface area contributed by atoms with Crippen LogP contribution in [0.5, 0.6) is 0 Å². The highest BCUT2D eigenvalue weighted by Crippen LogP contribution is 2.41. The van der Waals surface area contributed by atoms with Crippen molar-refractivity contribution in [3.05, 3.63) is 83.2 Å². The molecule has 0 saturated heterocycles. The van der Waals surface area contributed by atoms with Gasteiger partial charge in [0.1, 0.15) is 0 Å². The molecule has 4 aromatic rings. The average molecular weight is 466 g/mol. The molecule has 0 fully saturated rings. The minimum absolute atomic E-state index is 0.0778. The van der Waals surface area contributed by atoms with E-state index in [1.165, 1.54) is 0 Å². The molecule has 0 unspecified atom stereocenters. The molecule has 2 aromatic carbocycles. The summed E-state index contributed by atoms with van der Waals surface area (Å²) in [4.78, 5) is 34.0. The van der Waals surface area contributed by atoms with Gasteiger partial charge in [-0.25, -0.2) is 9.97 Å². The van der Waals surface area contributed by atoms with E-state index in [0.29, 0.717) is 12.1 Å². The molecule has 2 aromatic heterocycles. The number of fused-ring (bicyclic) bond motifs is 1. The summed E-state index contributed by atoms with van der Waals surface area (Å²) in [6.07, 6.45) is 4.10. The lowest BCUT2D eigenvalue weighted by Crippen LogP contribution is -2.14. The van der Waals surface area contributed by atoms with E-state index in [2.05, 4.69) is 19.9 Å². The molecule has 5 rings (SSSR count). The molecule has 1 aliphatic carbocycles. The van der Waals surface area contributed by atoms with E-state index >= 15 is 0 Å². The van der Waals surface area contributed by atoms with Crippen LogP contribution in [0.15, 0.2) is 60.8 Å². The highest BCUT2D eigenvalue weighted by Gasteiger charge is 2.30. The predicted octanol–water partition coefficient (Wildman–Crippen LogP) is 4.74. The second-order valence-corrected chi connectivity index (χ2v) is 8.97. The van der Waals surface area contributed by atoms with Crippen molar-refractivity contribution in [1.29, 1.82) is 0 Å². The van der Waals surface area contributed by atoms with E-state index < -0.39 is 0 Å². The minimum atomic E-state index is -0.0778. The van der Waals surface area contributed by atoms with E-state index in [-0.39, 0.29) is 24.1 Å². The first-order valence-corrected chi connectivity index (χ1v) is 11.7. The van der Waals surface area contributed by atoms with E-state index in [9.17, 15) is 9.59 Å². The second-order valence-electron chi connectivity index (χ2n) is 8.97. The van der Waals surface area contributed by atoms with Crippen LogP contribution in [0.1, 0.15) is 40.0 Å². The zero-order valence-corrected chi connectivity index (χ0v) is 19.8. The number of amides is 1. The van der Waals surface area contributed by atoms with Gasteiger partial charge in [-0.05, 0) is 49.1 Å². The van der Waals surface area contributed by atoms with Crippen molar-refractivity contribution in [3.8, 4) is 22.5 Å². The summed E-state index contributed by atoms with van der Waals surface area (Å²) in [5, 5.41) is 2.94. The number of carbonyl (C=O) groups is 2. The van der Waals surface area contributed by atoms with Crippen LogP contribution in [0.25, 0.3) is 22.5 Å². The van der Waals surface area contributed by atoms with Crippen LogP contribution in [0, 0.1) is 6.92 Å². The van der Waals surface area contributed by atoms with Crippen LogP contribution in [-0.2, 0) is 24.7 Å². The van der Waals surface area contributed by atoms with Crippen LogP contribution < -0.4 is 11.1 Å². The number of ketones is 1. The third-order valence-corrected chi connectivity index (χ3v) is 6.47. The first-order chi connectivity index (χ1) is 16.9. The summed E-state index contributed by atoms with van der Waals surface area (Å²) >= 11 is 0. The maximum Gasteiger partial charge on any atom is 0.228 e. The summed E-state index contributed by atoms with van der Waals surface area (Å²) in [6.45, 7) is 2.01. The Morgan fingerprint density at radius 2 is 1.77 bits per heavy atom. The van der Waals surface area contributed by atoms with Gasteiger partial charge in [-0.1, -0.05) is 42.0 Å². The van der Waals surface area contributed by atoms with Crippen molar-refractivity contribution in [1.82, 2.24) is 14.5 Å². The van der Waals surface area contributed by atoms with Crippen LogP contribution >= 0.6 is 0 Å². The van der Waals surface area contributed by atoms with Gasteiger partial charge < -0.3 is 15.6 Å². The Labute approximate surface area is 204 Å². The maximum atomic E-state index is 13.0. The van der Waals surface area contributed by atoms with Crippen molar-refractivity contribution < 1.29 is 9.59 Å². The third kappa shape index (κ3) is 4.45. The number of rotatable bonds is 5. The van der Waals surface area contributed by atoms with E-state index in [1.807, 2.05) is 68.6 Å². The van der Waals surface area contributed by atoms with Crippen molar-refractivity contribution >= 4 is 23.3 Å². The smallest absolute Gasteiger partial charge is 0.228 e. The SMILES string of the molecule is Cc1ccc(NC(=O)Cc2ccc(-c3c4c(n(C)c3-c3ccnc(N)n3)CCCC4=O)cc2)cc1. The number of anilines is 2. The normalized spacial score (nSPS) is 12.9. The molecule has 7 heteroatoms. The molecule has 35 heavy (non-hydrogen) atoms. The van der Waals surface area contributed by atoms with Gasteiger partial charge in [-0.2, -0.15) is 0 Å². The van der Waals surface area contributed by atoms with Crippen molar-refractivity contribution in [3.63, 3.8) is 0 Å². The summed E-state index contributed by atoms with van der Waals surface area (Å²) < 4.78 is 2.06. The number of carbonyl (C=O) groups excluding carboxylic acids is 2. The van der Waals surface area contributed by atoms with Gasteiger partial charge in [0.25, 0.3) is 0 Å². The monoisotopic (exact) mass is 465 g/mol. The Hall–Kier alpha value is -4.26. The topological polar surface area (TPSA) is 103 Å². The summed E-state index contributed by atoms with van der Waals surface area (Å²) in [5.74, 6) is 0.256. The Morgan fingerprint density at radius 1 is 1.03 bits per heavy atom. The number of nitrogens with zero attached hydrogens (tertiary/aromatic N) is 3. The first-order valence-electron chi connectivity index (χ1n) is 11.7. The number of aromatic nitrogens is 3. The van der Waals surface area contributed by atoms with Crippen molar-refractivity contribution in [2.75, 3.05) is 11.1 Å². The van der Waals surface area contributed by atoms with Gasteiger partial charge in [0, 0.05) is 42.2 Å². The lowest BCUT2D eigenvalue weighted by molar-refractivity contribution is -0.115. The Balaban J connectivity index is 1.48. The van der Waals surface area contributed by atoms with Crippen LogP contribution in [0.3, 0.4) is 0 Å². The molecular formula is C28H27N5O2. The van der Waals surface area contributed by atoms with Crippen molar-refractivity contribution in [2.24, 2.45) is 7.05 Å². The Morgan fingerprint density at radius 3 is 2.49 bits per heavy atom. The number of Topliss-reactive ketones (excluding diaryl/α,β-unsaturated/α-hetero) is 1. The highest BCUT2D eigenvalue weighted by molar-refractivity contribution is 6.08. The fourth-order valence-corrected chi connectivity index (χ4v) is 4.77. The van der Waals surface area contributed by atoms with Gasteiger partial charge in [-0.3, -0.25) is 9.59 Å². The van der Waals surface area contributed by atoms with Crippen molar-refractivity contribution in [2.45, 2.75) is 32.6 Å². The van der Waals surface area contributed by atoms with Gasteiger partial charge in [-0.15, -0.1) is 0 Å². The summed E-state index contributed by atoms with van der Waals surface area (Å²) in [6, 6.07) is 17.4. The number of benzene rings is 2. The molecule has 1 amide bonds.